The van der Waals surface area contributed by atoms with E-state index < -0.39 is 10.8 Å². The van der Waals surface area contributed by atoms with Gasteiger partial charge in [-0.15, -0.1) is 0 Å². The molecule has 9 nitrogen and oxygen atoms in total. The highest BCUT2D eigenvalue weighted by molar-refractivity contribution is 6.09. The lowest BCUT2D eigenvalue weighted by atomic mass is 9.97. The SMILES string of the molecule is COc1ccc(-c2ccc(CO)o2)cc1NC(=O)c1cc([N+](=O)[O-])ccc1N1CCC(C)CC1. The molecule has 34 heavy (non-hydrogen) atoms. The van der Waals surface area contributed by atoms with Gasteiger partial charge in [-0.05, 0) is 55.2 Å². The highest BCUT2D eigenvalue weighted by Gasteiger charge is 2.24. The van der Waals surface area contributed by atoms with Gasteiger partial charge in [0.2, 0.25) is 0 Å². The van der Waals surface area contributed by atoms with Crippen molar-refractivity contribution in [1.82, 2.24) is 0 Å². The van der Waals surface area contributed by atoms with E-state index in [4.69, 9.17) is 9.15 Å². The zero-order valence-corrected chi connectivity index (χ0v) is 19.1. The molecule has 3 aromatic rings. The van der Waals surface area contributed by atoms with Gasteiger partial charge in [-0.1, -0.05) is 6.92 Å². The number of nitro benzene ring substituents is 1. The topological polar surface area (TPSA) is 118 Å². The van der Waals surface area contributed by atoms with E-state index in [1.165, 1.54) is 19.2 Å². The third-order valence-corrected chi connectivity index (χ3v) is 6.11. The van der Waals surface area contributed by atoms with E-state index in [1.54, 1.807) is 36.4 Å². The monoisotopic (exact) mass is 465 g/mol. The maximum Gasteiger partial charge on any atom is 0.270 e. The summed E-state index contributed by atoms with van der Waals surface area (Å²) in [5, 5.41) is 23.5. The Balaban J connectivity index is 1.68. The van der Waals surface area contributed by atoms with Crippen molar-refractivity contribution in [1.29, 1.82) is 0 Å². The van der Waals surface area contributed by atoms with Gasteiger partial charge in [-0.25, -0.2) is 0 Å². The van der Waals surface area contributed by atoms with Crippen molar-refractivity contribution in [2.24, 2.45) is 5.92 Å². The zero-order chi connectivity index (χ0) is 24.2. The van der Waals surface area contributed by atoms with Gasteiger partial charge in [0.1, 0.15) is 23.9 Å². The third kappa shape index (κ3) is 4.89. The number of non-ortho nitro benzene ring substituents is 1. The van der Waals surface area contributed by atoms with Crippen LogP contribution in [0.2, 0.25) is 0 Å². The van der Waals surface area contributed by atoms with Crippen molar-refractivity contribution in [3.63, 3.8) is 0 Å². The van der Waals surface area contributed by atoms with Crippen molar-refractivity contribution in [3.05, 3.63) is 70.0 Å². The number of nitro groups is 1. The van der Waals surface area contributed by atoms with Crippen molar-refractivity contribution < 1.29 is 24.0 Å². The number of nitrogens with one attached hydrogen (secondary N) is 1. The molecule has 178 valence electrons. The molecule has 1 amide bonds. The Kier molecular flexibility index (Phi) is 6.83. The molecule has 2 N–H and O–H groups in total. The minimum atomic E-state index is -0.504. The average Bonchev–Trinajstić information content (AvgIpc) is 3.33. The molecule has 0 saturated carbocycles. The summed E-state index contributed by atoms with van der Waals surface area (Å²) in [6.07, 6.45) is 1.99. The molecule has 4 rings (SSSR count). The fourth-order valence-corrected chi connectivity index (χ4v) is 4.11. The number of furan rings is 1. The summed E-state index contributed by atoms with van der Waals surface area (Å²) in [5.41, 5.74) is 1.84. The number of aliphatic hydroxyl groups excluding tert-OH is 1. The first-order valence-electron chi connectivity index (χ1n) is 11.1. The van der Waals surface area contributed by atoms with Crippen molar-refractivity contribution in [2.45, 2.75) is 26.4 Å². The van der Waals surface area contributed by atoms with Crippen LogP contribution >= 0.6 is 0 Å². The number of hydrogen-bond donors (Lipinski definition) is 2. The number of nitrogens with zero attached hydrogens (tertiary/aromatic N) is 2. The molecule has 0 atom stereocenters. The molecular formula is C25H27N3O6. The van der Waals surface area contributed by atoms with Crippen molar-refractivity contribution in [3.8, 4) is 17.1 Å². The van der Waals surface area contributed by atoms with E-state index in [1.807, 2.05) is 0 Å². The molecule has 2 aromatic carbocycles. The van der Waals surface area contributed by atoms with Crippen LogP contribution in [0, 0.1) is 16.0 Å². The second kappa shape index (κ2) is 9.96. The van der Waals surface area contributed by atoms with Crippen LogP contribution in [-0.4, -0.2) is 36.1 Å². The van der Waals surface area contributed by atoms with Crippen molar-refractivity contribution in [2.75, 3.05) is 30.4 Å². The van der Waals surface area contributed by atoms with Crippen molar-refractivity contribution >= 4 is 23.0 Å². The number of rotatable bonds is 7. The van der Waals surface area contributed by atoms with Gasteiger partial charge in [0, 0.05) is 30.8 Å². The Labute approximate surface area is 197 Å². The maximum absolute atomic E-state index is 13.4. The molecule has 0 spiro atoms. The fourth-order valence-electron chi connectivity index (χ4n) is 4.11. The Bertz CT molecular complexity index is 1200. The number of benzene rings is 2. The molecule has 1 fully saturated rings. The summed E-state index contributed by atoms with van der Waals surface area (Å²) < 4.78 is 11.0. The molecule has 0 aliphatic carbocycles. The van der Waals surface area contributed by atoms with Crippen LogP contribution in [-0.2, 0) is 6.61 Å². The van der Waals surface area contributed by atoms with Crippen LogP contribution < -0.4 is 15.0 Å². The molecule has 1 aliphatic rings. The Morgan fingerprint density at radius 1 is 1.21 bits per heavy atom. The number of carbonyl (C=O) groups is 1. The Morgan fingerprint density at radius 3 is 2.62 bits per heavy atom. The highest BCUT2D eigenvalue weighted by Crippen LogP contribution is 2.34. The van der Waals surface area contributed by atoms with E-state index >= 15 is 0 Å². The number of anilines is 2. The van der Waals surface area contributed by atoms with Gasteiger partial charge in [0.05, 0.1) is 29.0 Å². The van der Waals surface area contributed by atoms with E-state index in [0.29, 0.717) is 40.1 Å². The molecular weight excluding hydrogens is 438 g/mol. The minimum Gasteiger partial charge on any atom is -0.495 e. The number of carbonyl (C=O) groups excluding carboxylic acids is 1. The maximum atomic E-state index is 13.4. The lowest BCUT2D eigenvalue weighted by Gasteiger charge is -2.33. The van der Waals surface area contributed by atoms with Crippen LogP contribution in [0.4, 0.5) is 17.1 Å². The third-order valence-electron chi connectivity index (χ3n) is 6.11. The standard InChI is InChI=1S/C25H27N3O6/c1-16-9-11-27(12-10-16)22-6-4-18(28(31)32)14-20(22)25(30)26-21-13-17(3-7-24(21)33-2)23-8-5-19(15-29)34-23/h3-8,13-14,16,29H,9-12,15H2,1-2H3,(H,26,30). The molecule has 9 heteroatoms. The first-order valence-corrected chi connectivity index (χ1v) is 11.1. The zero-order valence-electron chi connectivity index (χ0n) is 19.1. The van der Waals surface area contributed by atoms with Gasteiger partial charge < -0.3 is 24.5 Å². The van der Waals surface area contributed by atoms with Crippen LogP contribution in [0.1, 0.15) is 35.9 Å². The number of ether oxygens (including phenoxy) is 1. The Morgan fingerprint density at radius 2 is 1.97 bits per heavy atom. The summed E-state index contributed by atoms with van der Waals surface area (Å²) in [5.74, 6) is 1.52. The highest BCUT2D eigenvalue weighted by atomic mass is 16.6. The summed E-state index contributed by atoms with van der Waals surface area (Å²) >= 11 is 0. The normalized spacial score (nSPS) is 14.1. The van der Waals surface area contributed by atoms with Gasteiger partial charge in [-0.3, -0.25) is 14.9 Å². The Hall–Kier alpha value is -3.85. The molecule has 1 aliphatic heterocycles. The predicted octanol–water partition coefficient (Wildman–Crippen LogP) is 4.84. The van der Waals surface area contributed by atoms with E-state index in [9.17, 15) is 20.0 Å². The molecule has 0 bridgehead atoms. The number of amides is 1. The summed E-state index contributed by atoms with van der Waals surface area (Å²) in [7, 11) is 1.50. The van der Waals surface area contributed by atoms with Gasteiger partial charge in [0.25, 0.3) is 11.6 Å². The second-order valence-corrected chi connectivity index (χ2v) is 8.42. The lowest BCUT2D eigenvalue weighted by Crippen LogP contribution is -2.34. The average molecular weight is 466 g/mol. The second-order valence-electron chi connectivity index (χ2n) is 8.42. The van der Waals surface area contributed by atoms with E-state index in [0.717, 1.165) is 25.9 Å². The number of methoxy groups -OCH3 is 1. The fraction of sp³-hybridized carbons (Fsp3) is 0.320. The molecule has 0 unspecified atom stereocenters. The largest absolute Gasteiger partial charge is 0.495 e. The van der Waals surface area contributed by atoms with Crippen LogP contribution in [0.15, 0.2) is 52.9 Å². The molecule has 1 saturated heterocycles. The first-order chi connectivity index (χ1) is 16.4. The van der Waals surface area contributed by atoms with Gasteiger partial charge in [0.15, 0.2) is 0 Å². The smallest absolute Gasteiger partial charge is 0.270 e. The van der Waals surface area contributed by atoms with Gasteiger partial charge in [-0.2, -0.15) is 0 Å². The molecule has 2 heterocycles. The van der Waals surface area contributed by atoms with E-state index in [-0.39, 0.29) is 17.9 Å². The van der Waals surface area contributed by atoms with Crippen LogP contribution in [0.5, 0.6) is 5.75 Å². The lowest BCUT2D eigenvalue weighted by molar-refractivity contribution is -0.384. The van der Waals surface area contributed by atoms with E-state index in [2.05, 4.69) is 17.1 Å². The predicted molar refractivity (Wildman–Crippen MR) is 128 cm³/mol. The number of hydrogen-bond acceptors (Lipinski definition) is 7. The van der Waals surface area contributed by atoms with Gasteiger partial charge >= 0.3 is 0 Å². The molecule has 1 aromatic heterocycles. The van der Waals surface area contributed by atoms with Crippen LogP contribution in [0.3, 0.4) is 0 Å². The first kappa shape index (κ1) is 23.3. The number of aliphatic hydroxyl groups is 1. The number of piperidine rings is 1. The minimum absolute atomic E-state index is 0.146. The van der Waals surface area contributed by atoms with Crippen LogP contribution in [0.25, 0.3) is 11.3 Å². The molecule has 0 radical (unpaired) electrons. The summed E-state index contributed by atoms with van der Waals surface area (Å²) in [6, 6.07) is 13.0. The summed E-state index contributed by atoms with van der Waals surface area (Å²) in [4.78, 5) is 26.4. The summed E-state index contributed by atoms with van der Waals surface area (Å²) in [6.45, 7) is 3.54. The quantitative estimate of drug-likeness (QED) is 0.378.